The zero-order valence-electron chi connectivity index (χ0n) is 13.3. The quantitative estimate of drug-likeness (QED) is 0.708. The summed E-state index contributed by atoms with van der Waals surface area (Å²) in [5.41, 5.74) is 4.06. The van der Waals surface area contributed by atoms with E-state index in [2.05, 4.69) is 15.2 Å². The summed E-state index contributed by atoms with van der Waals surface area (Å²) in [6, 6.07) is 15.3. The fourth-order valence-electron chi connectivity index (χ4n) is 2.81. The van der Waals surface area contributed by atoms with Crippen molar-refractivity contribution in [1.82, 2.24) is 4.98 Å². The lowest BCUT2D eigenvalue weighted by Crippen LogP contribution is -1.95. The number of hydrogen-bond donors (Lipinski definition) is 2. The van der Waals surface area contributed by atoms with Gasteiger partial charge in [-0.05, 0) is 23.3 Å². The number of thiazole rings is 1. The Hall–Kier alpha value is -2.96. The van der Waals surface area contributed by atoms with Crippen molar-refractivity contribution in [2.24, 2.45) is 10.2 Å². The van der Waals surface area contributed by atoms with Crippen LogP contribution in [0.15, 0.2) is 69.1 Å². The van der Waals surface area contributed by atoms with E-state index in [1.165, 1.54) is 0 Å². The van der Waals surface area contributed by atoms with E-state index in [1.54, 1.807) is 12.4 Å². The topological polar surface area (TPSA) is 77.8 Å². The molecule has 3 aromatic rings. The highest BCUT2D eigenvalue weighted by Crippen LogP contribution is 2.36. The van der Waals surface area contributed by atoms with Gasteiger partial charge in [-0.15, -0.1) is 0 Å². The Labute approximate surface area is 157 Å². The summed E-state index contributed by atoms with van der Waals surface area (Å²) >= 11 is 7.27. The maximum Gasteiger partial charge on any atom is 0.307 e. The van der Waals surface area contributed by atoms with Gasteiger partial charge in [-0.1, -0.05) is 59.3 Å². The smallest absolute Gasteiger partial charge is 0.307 e. The van der Waals surface area contributed by atoms with Gasteiger partial charge >= 0.3 is 4.87 Å². The lowest BCUT2D eigenvalue weighted by Gasteiger charge is -2.11. The van der Waals surface area contributed by atoms with E-state index >= 15 is 0 Å². The van der Waals surface area contributed by atoms with Crippen molar-refractivity contribution >= 4 is 40.9 Å². The molecule has 0 saturated heterocycles. The molecule has 0 aliphatic carbocycles. The first-order chi connectivity index (χ1) is 12.6. The molecule has 0 spiro atoms. The van der Waals surface area contributed by atoms with Gasteiger partial charge in [0.05, 0.1) is 12.4 Å². The zero-order chi connectivity index (χ0) is 18.1. The number of H-pyrrole nitrogens is 1. The first-order valence-electron chi connectivity index (χ1n) is 7.72. The van der Waals surface area contributed by atoms with E-state index in [4.69, 9.17) is 11.6 Å². The number of nitrogens with one attached hydrogen (secondary N) is 1. The maximum atomic E-state index is 11.7. The molecule has 2 heterocycles. The fraction of sp³-hybridized carbons (Fsp3) is 0. The molecule has 1 aliphatic rings. The molecule has 128 valence electrons. The molecule has 5 nitrogen and oxygen atoms in total. The van der Waals surface area contributed by atoms with Crippen LogP contribution in [0.5, 0.6) is 5.88 Å². The lowest BCUT2D eigenvalue weighted by molar-refractivity contribution is 0.455. The van der Waals surface area contributed by atoms with Crippen LogP contribution in [0.2, 0.25) is 5.02 Å². The number of benzene rings is 2. The van der Waals surface area contributed by atoms with Crippen molar-refractivity contribution in [1.29, 1.82) is 0 Å². The Morgan fingerprint density at radius 2 is 1.85 bits per heavy atom. The minimum atomic E-state index is -0.329. The van der Waals surface area contributed by atoms with Crippen LogP contribution in [0.25, 0.3) is 16.7 Å². The molecule has 0 amide bonds. The second-order valence-corrected chi connectivity index (χ2v) is 6.96. The van der Waals surface area contributed by atoms with Crippen LogP contribution in [0, 0.1) is 0 Å². The van der Waals surface area contributed by atoms with Crippen molar-refractivity contribution < 1.29 is 5.11 Å². The number of aromatic hydroxyl groups is 1. The SMILES string of the molecule is O=c1[nH]c(O)c(C(=C2C=NN=C2)c2cccc(-c3ccccc3Cl)c2)s1. The molecule has 0 fully saturated rings. The average Bonchev–Trinajstić information content (AvgIpc) is 3.26. The third-order valence-electron chi connectivity index (χ3n) is 3.94. The molecular formula is C19H12ClN3O2S. The van der Waals surface area contributed by atoms with E-state index in [1.807, 2.05) is 48.5 Å². The molecule has 7 heteroatoms. The summed E-state index contributed by atoms with van der Waals surface area (Å²) in [5.74, 6) is -0.167. The first kappa shape index (κ1) is 16.5. The van der Waals surface area contributed by atoms with Crippen molar-refractivity contribution in [3.8, 4) is 17.0 Å². The Kier molecular flexibility index (Phi) is 4.28. The molecule has 0 saturated carbocycles. The molecule has 2 aromatic carbocycles. The predicted molar refractivity (Wildman–Crippen MR) is 106 cm³/mol. The summed E-state index contributed by atoms with van der Waals surface area (Å²) in [7, 11) is 0. The van der Waals surface area contributed by atoms with Crippen molar-refractivity contribution in [3.05, 3.63) is 79.2 Å². The van der Waals surface area contributed by atoms with Crippen LogP contribution < -0.4 is 4.87 Å². The monoisotopic (exact) mass is 381 g/mol. The van der Waals surface area contributed by atoms with Gasteiger partial charge in [0.25, 0.3) is 0 Å². The predicted octanol–water partition coefficient (Wildman–Crippen LogP) is 4.33. The van der Waals surface area contributed by atoms with Gasteiger partial charge < -0.3 is 5.11 Å². The van der Waals surface area contributed by atoms with Crippen LogP contribution >= 0.6 is 22.9 Å². The number of halogens is 1. The van der Waals surface area contributed by atoms with Gasteiger partial charge in [0.1, 0.15) is 4.88 Å². The molecule has 0 atom stereocenters. The van der Waals surface area contributed by atoms with Crippen LogP contribution in [-0.2, 0) is 0 Å². The Morgan fingerprint density at radius 1 is 1.08 bits per heavy atom. The van der Waals surface area contributed by atoms with Gasteiger partial charge in [-0.25, -0.2) is 0 Å². The van der Waals surface area contributed by atoms with Gasteiger partial charge in [-0.3, -0.25) is 9.78 Å². The molecule has 2 N–H and O–H groups in total. The summed E-state index contributed by atoms with van der Waals surface area (Å²) in [6.45, 7) is 0. The van der Waals surface area contributed by atoms with E-state index in [0.29, 0.717) is 21.0 Å². The normalized spacial score (nSPS) is 12.7. The third-order valence-corrected chi connectivity index (χ3v) is 5.16. The summed E-state index contributed by atoms with van der Waals surface area (Å²) in [4.78, 5) is 14.2. The summed E-state index contributed by atoms with van der Waals surface area (Å²) < 4.78 is 0. The van der Waals surface area contributed by atoms with E-state index in [0.717, 1.165) is 28.0 Å². The highest BCUT2D eigenvalue weighted by molar-refractivity contribution is 7.10. The number of rotatable bonds is 3. The Bertz CT molecular complexity index is 1130. The van der Waals surface area contributed by atoms with Gasteiger partial charge in [0.2, 0.25) is 5.88 Å². The second-order valence-electron chi connectivity index (χ2n) is 5.57. The van der Waals surface area contributed by atoms with Gasteiger partial charge in [0, 0.05) is 21.7 Å². The number of nitrogens with zero attached hydrogens (tertiary/aromatic N) is 2. The minimum absolute atomic E-state index is 0.167. The number of aromatic amines is 1. The zero-order valence-corrected chi connectivity index (χ0v) is 14.9. The van der Waals surface area contributed by atoms with Gasteiger partial charge in [-0.2, -0.15) is 10.2 Å². The molecule has 1 aromatic heterocycles. The fourth-order valence-corrected chi connectivity index (χ4v) is 3.87. The maximum absolute atomic E-state index is 11.7. The molecule has 0 unspecified atom stereocenters. The first-order valence-corrected chi connectivity index (χ1v) is 8.91. The summed E-state index contributed by atoms with van der Waals surface area (Å²) in [5, 5.41) is 18.6. The molecular weight excluding hydrogens is 370 g/mol. The number of aromatic nitrogens is 1. The van der Waals surface area contributed by atoms with Crippen LogP contribution in [0.4, 0.5) is 0 Å². The molecule has 1 aliphatic heterocycles. The van der Waals surface area contributed by atoms with E-state index in [9.17, 15) is 9.90 Å². The van der Waals surface area contributed by atoms with Crippen LogP contribution in [0.1, 0.15) is 10.4 Å². The molecule has 26 heavy (non-hydrogen) atoms. The van der Waals surface area contributed by atoms with Crippen LogP contribution in [-0.4, -0.2) is 22.5 Å². The largest absolute Gasteiger partial charge is 0.493 e. The minimum Gasteiger partial charge on any atom is -0.493 e. The van der Waals surface area contributed by atoms with Crippen LogP contribution in [0.3, 0.4) is 0 Å². The van der Waals surface area contributed by atoms with E-state index < -0.39 is 0 Å². The summed E-state index contributed by atoms with van der Waals surface area (Å²) in [6.07, 6.45) is 3.20. The lowest BCUT2D eigenvalue weighted by atomic mass is 9.95. The van der Waals surface area contributed by atoms with Gasteiger partial charge in [0.15, 0.2) is 0 Å². The molecule has 0 bridgehead atoms. The second kappa shape index (κ2) is 6.74. The standard InChI is InChI=1S/C19H12ClN3O2S/c20-15-7-2-1-6-14(15)11-4-3-5-12(8-11)16(13-9-21-22-10-13)17-18(24)23-19(25)26-17/h1-10,24H,(H,23,25). The highest BCUT2D eigenvalue weighted by atomic mass is 35.5. The molecule has 4 rings (SSSR count). The number of allylic oxidation sites excluding steroid dienone is 1. The Morgan fingerprint density at radius 3 is 2.54 bits per heavy atom. The van der Waals surface area contributed by atoms with Crippen molar-refractivity contribution in [3.63, 3.8) is 0 Å². The molecule has 0 radical (unpaired) electrons. The average molecular weight is 382 g/mol. The number of hydrogen-bond acceptors (Lipinski definition) is 5. The third kappa shape index (κ3) is 3.00. The van der Waals surface area contributed by atoms with E-state index in [-0.39, 0.29) is 10.8 Å². The Balaban J connectivity index is 1.93. The van der Waals surface area contributed by atoms with Crippen molar-refractivity contribution in [2.45, 2.75) is 0 Å². The highest BCUT2D eigenvalue weighted by Gasteiger charge is 2.19. The van der Waals surface area contributed by atoms with Crippen molar-refractivity contribution in [2.75, 3.05) is 0 Å².